The third-order valence-electron chi connectivity index (χ3n) is 11.3. The molecule has 0 N–H and O–H groups in total. The number of hydrogen-bond acceptors (Lipinski definition) is 3. The molecule has 0 unspecified atom stereocenters. The standard InChI is InChI=1S/C50H36BNOS2/c1-33-25-27-41-48(29-33)55(37-17-7-4-8-18-37,47-24-14-9-19-38(47)35-15-5-3-6-16-35)49-30-34(2)26-28-42(49)52(41)36-31-44-50-46(32-36)54-45-23-13-11-21-40(45)51(50)39-20-10-12-22-43(39)53-44/h3-32H,1-2H3. The molecule has 5 heteroatoms. The van der Waals surface area contributed by atoms with Crippen LogP contribution in [0.25, 0.3) is 11.1 Å². The Labute approximate surface area is 328 Å². The lowest BCUT2D eigenvalue weighted by Crippen LogP contribution is -2.57. The minimum Gasteiger partial charge on any atom is -0.458 e. The summed E-state index contributed by atoms with van der Waals surface area (Å²) in [6.45, 7) is 4.59. The van der Waals surface area contributed by atoms with Crippen LogP contribution in [0.3, 0.4) is 0 Å². The van der Waals surface area contributed by atoms with Gasteiger partial charge in [0.05, 0.1) is 17.1 Å². The van der Waals surface area contributed by atoms with Crippen LogP contribution in [0.1, 0.15) is 11.1 Å². The van der Waals surface area contributed by atoms with E-state index in [0.717, 1.165) is 17.2 Å². The topological polar surface area (TPSA) is 12.5 Å². The molecule has 0 aromatic heterocycles. The summed E-state index contributed by atoms with van der Waals surface area (Å²) in [7, 11) is -2.03. The molecule has 0 amide bonds. The van der Waals surface area contributed by atoms with Gasteiger partial charge in [-0.25, -0.2) is 0 Å². The Morgan fingerprint density at radius 1 is 0.509 bits per heavy atom. The Balaban J connectivity index is 1.22. The van der Waals surface area contributed by atoms with Crippen LogP contribution in [0.5, 0.6) is 11.5 Å². The first-order valence-corrected chi connectivity index (χ1v) is 21.3. The third-order valence-corrected chi connectivity index (χ3v) is 16.4. The minimum atomic E-state index is -2.03. The maximum atomic E-state index is 6.89. The number of aryl methyl sites for hydroxylation is 2. The minimum absolute atomic E-state index is 0.123. The molecule has 0 atom stereocenters. The number of benzene rings is 8. The molecule has 0 fully saturated rings. The summed E-state index contributed by atoms with van der Waals surface area (Å²) in [6.07, 6.45) is 0. The maximum absolute atomic E-state index is 6.89. The van der Waals surface area contributed by atoms with E-state index in [1.54, 1.807) is 0 Å². The van der Waals surface area contributed by atoms with Gasteiger partial charge in [-0.2, -0.15) is 0 Å². The Kier molecular flexibility index (Phi) is 7.45. The zero-order chi connectivity index (χ0) is 36.7. The van der Waals surface area contributed by atoms with Crippen LogP contribution >= 0.6 is 21.8 Å². The zero-order valence-corrected chi connectivity index (χ0v) is 32.2. The largest absolute Gasteiger partial charge is 0.458 e. The van der Waals surface area contributed by atoms with Crippen molar-refractivity contribution < 1.29 is 4.74 Å². The molecule has 0 aliphatic carbocycles. The highest BCUT2D eigenvalue weighted by Gasteiger charge is 2.45. The lowest BCUT2D eigenvalue weighted by molar-refractivity contribution is 0.486. The smallest absolute Gasteiger partial charge is 0.253 e. The normalized spacial score (nSPS) is 14.7. The van der Waals surface area contributed by atoms with E-state index in [9.17, 15) is 0 Å². The van der Waals surface area contributed by atoms with Crippen molar-refractivity contribution >= 4 is 62.0 Å². The van der Waals surface area contributed by atoms with E-state index >= 15 is 0 Å². The van der Waals surface area contributed by atoms with Gasteiger partial charge in [0, 0.05) is 35.4 Å². The molecule has 3 heterocycles. The van der Waals surface area contributed by atoms with Crippen LogP contribution in [0, 0.1) is 13.8 Å². The molecule has 55 heavy (non-hydrogen) atoms. The molecule has 262 valence electrons. The van der Waals surface area contributed by atoms with E-state index in [-0.39, 0.29) is 6.71 Å². The highest BCUT2D eigenvalue weighted by atomic mass is 32.3. The molecule has 11 rings (SSSR count). The Bertz CT molecular complexity index is 2700. The lowest BCUT2D eigenvalue weighted by atomic mass is 9.35. The maximum Gasteiger partial charge on any atom is 0.253 e. The number of rotatable bonds is 4. The van der Waals surface area contributed by atoms with Gasteiger partial charge in [0.15, 0.2) is 0 Å². The molecule has 8 aromatic rings. The van der Waals surface area contributed by atoms with Crippen LogP contribution in [0.2, 0.25) is 0 Å². The van der Waals surface area contributed by atoms with Gasteiger partial charge in [-0.15, -0.1) is 10.0 Å². The van der Waals surface area contributed by atoms with Crippen molar-refractivity contribution in [2.45, 2.75) is 43.2 Å². The number of anilines is 3. The van der Waals surface area contributed by atoms with E-state index in [1.807, 2.05) is 11.8 Å². The molecule has 0 radical (unpaired) electrons. The van der Waals surface area contributed by atoms with Gasteiger partial charge in [-0.3, -0.25) is 0 Å². The molecule has 0 saturated heterocycles. The zero-order valence-electron chi connectivity index (χ0n) is 30.6. The Morgan fingerprint density at radius 3 is 1.87 bits per heavy atom. The van der Waals surface area contributed by atoms with Crippen LogP contribution in [-0.4, -0.2) is 6.71 Å². The Hall–Kier alpha value is -5.88. The van der Waals surface area contributed by atoms with Crippen molar-refractivity contribution in [3.63, 3.8) is 0 Å². The summed E-state index contributed by atoms with van der Waals surface area (Å²) in [5.41, 5.74) is 12.3. The molecule has 0 bridgehead atoms. The molecule has 3 aliphatic heterocycles. The molecular weight excluding hydrogens is 706 g/mol. The highest BCUT2D eigenvalue weighted by molar-refractivity contribution is 8.34. The molecular formula is C50H36BNOS2. The van der Waals surface area contributed by atoms with Crippen LogP contribution in [-0.2, 0) is 0 Å². The predicted molar refractivity (Wildman–Crippen MR) is 231 cm³/mol. The van der Waals surface area contributed by atoms with Gasteiger partial charge in [0.2, 0.25) is 0 Å². The van der Waals surface area contributed by atoms with Gasteiger partial charge in [-0.05, 0) is 108 Å². The van der Waals surface area contributed by atoms with Gasteiger partial charge in [-0.1, -0.05) is 132 Å². The fraction of sp³-hybridized carbons (Fsp3) is 0.0400. The highest BCUT2D eigenvalue weighted by Crippen LogP contribution is 2.80. The van der Waals surface area contributed by atoms with Crippen molar-refractivity contribution in [2.24, 2.45) is 0 Å². The summed E-state index contributed by atoms with van der Waals surface area (Å²) in [5, 5.41) is 0. The molecule has 2 nitrogen and oxygen atoms in total. The average molecular weight is 742 g/mol. The van der Waals surface area contributed by atoms with Crippen LogP contribution in [0.15, 0.2) is 211 Å². The third kappa shape index (κ3) is 4.86. The summed E-state index contributed by atoms with van der Waals surface area (Å²) in [6, 6.07) is 67.7. The first kappa shape index (κ1) is 32.5. The van der Waals surface area contributed by atoms with Crippen molar-refractivity contribution in [3.05, 3.63) is 193 Å². The summed E-state index contributed by atoms with van der Waals surface area (Å²) in [4.78, 5) is 10.4. The first-order chi connectivity index (χ1) is 27.1. The van der Waals surface area contributed by atoms with Crippen LogP contribution in [0.4, 0.5) is 17.1 Å². The summed E-state index contributed by atoms with van der Waals surface area (Å²) < 4.78 is 6.89. The average Bonchev–Trinajstić information content (AvgIpc) is 3.23. The lowest BCUT2D eigenvalue weighted by Gasteiger charge is -2.51. The van der Waals surface area contributed by atoms with Gasteiger partial charge < -0.3 is 9.64 Å². The molecule has 3 aliphatic rings. The molecule has 0 saturated carbocycles. The summed E-state index contributed by atoms with van der Waals surface area (Å²) >= 11 is 1.86. The SMILES string of the molecule is Cc1ccc2c(c1)S(c1ccccc1)(c1ccccc1-c1ccccc1)c1cc(C)ccc1N2c1cc2c3c(c1)Sc1ccccc1B3c1ccccc1O2. The van der Waals surface area contributed by atoms with Crippen molar-refractivity contribution in [1.29, 1.82) is 0 Å². The Morgan fingerprint density at radius 2 is 1.13 bits per heavy atom. The quantitative estimate of drug-likeness (QED) is 0.167. The van der Waals surface area contributed by atoms with Gasteiger partial charge in [0.1, 0.15) is 11.5 Å². The first-order valence-electron chi connectivity index (χ1n) is 18.9. The second kappa shape index (κ2) is 12.6. The number of fused-ring (bicyclic) bond motifs is 6. The van der Waals surface area contributed by atoms with E-state index in [4.69, 9.17) is 4.74 Å². The fourth-order valence-electron chi connectivity index (χ4n) is 8.97. The number of ether oxygens (including phenoxy) is 1. The van der Waals surface area contributed by atoms with E-state index in [2.05, 4.69) is 201 Å². The van der Waals surface area contributed by atoms with Gasteiger partial charge >= 0.3 is 0 Å². The fourth-order valence-corrected chi connectivity index (χ4v) is 14.7. The molecule has 8 aromatic carbocycles. The number of para-hydroxylation sites is 1. The van der Waals surface area contributed by atoms with Crippen molar-refractivity contribution in [2.75, 3.05) is 4.90 Å². The van der Waals surface area contributed by atoms with Crippen molar-refractivity contribution in [1.82, 2.24) is 0 Å². The summed E-state index contributed by atoms with van der Waals surface area (Å²) in [5.74, 6) is 1.86. The van der Waals surface area contributed by atoms with E-state index < -0.39 is 10.0 Å². The van der Waals surface area contributed by atoms with Crippen LogP contribution < -0.4 is 26.0 Å². The van der Waals surface area contributed by atoms with E-state index in [0.29, 0.717) is 0 Å². The number of hydrogen-bond donors (Lipinski definition) is 0. The monoisotopic (exact) mass is 741 g/mol. The predicted octanol–water partition coefficient (Wildman–Crippen LogP) is 12.2. The number of nitrogens with zero attached hydrogens (tertiary/aromatic N) is 1. The second-order valence-electron chi connectivity index (χ2n) is 14.6. The second-order valence-corrected chi connectivity index (χ2v) is 18.7. The van der Waals surface area contributed by atoms with E-state index in [1.165, 1.54) is 79.4 Å². The van der Waals surface area contributed by atoms with Gasteiger partial charge in [0.25, 0.3) is 6.71 Å². The molecule has 0 spiro atoms. The van der Waals surface area contributed by atoms with Crippen molar-refractivity contribution in [3.8, 4) is 22.6 Å².